The van der Waals surface area contributed by atoms with Gasteiger partial charge in [-0.15, -0.1) is 0 Å². The Kier molecular flexibility index (Phi) is 4.22. The minimum absolute atomic E-state index is 0.0462. The molecule has 114 valence electrons. The summed E-state index contributed by atoms with van der Waals surface area (Å²) in [7, 11) is 0. The first-order chi connectivity index (χ1) is 10.7. The molecule has 2 N–H and O–H groups in total. The van der Waals surface area contributed by atoms with E-state index in [0.29, 0.717) is 18.9 Å². The van der Waals surface area contributed by atoms with E-state index in [4.69, 9.17) is 16.7 Å². The quantitative estimate of drug-likeness (QED) is 0.707. The molecular weight excluding hydrogens is 302 g/mol. The number of anilines is 1. The fourth-order valence-electron chi connectivity index (χ4n) is 2.45. The molecule has 0 spiro atoms. The number of aliphatic hydroxyl groups is 1. The summed E-state index contributed by atoms with van der Waals surface area (Å²) in [6.45, 7) is 3.13. The van der Waals surface area contributed by atoms with Crippen LogP contribution in [0.3, 0.4) is 0 Å². The van der Waals surface area contributed by atoms with Crippen LogP contribution in [0, 0.1) is 6.92 Å². The molecule has 7 heteroatoms. The Morgan fingerprint density at radius 3 is 2.77 bits per heavy atom. The smallest absolute Gasteiger partial charge is 0.226 e. The van der Waals surface area contributed by atoms with Gasteiger partial charge in [-0.05, 0) is 41.8 Å². The topological polar surface area (TPSA) is 75.9 Å². The molecule has 0 aliphatic rings. The summed E-state index contributed by atoms with van der Waals surface area (Å²) >= 11 is 6.04. The van der Waals surface area contributed by atoms with E-state index in [9.17, 15) is 0 Å². The number of nitrogens with one attached hydrogen (secondary N) is 1. The lowest BCUT2D eigenvalue weighted by atomic mass is 10.2. The number of hydrogen-bond donors (Lipinski definition) is 2. The Labute approximate surface area is 132 Å². The second-order valence-corrected chi connectivity index (χ2v) is 5.32. The van der Waals surface area contributed by atoms with Crippen molar-refractivity contribution in [3.8, 4) is 0 Å². The zero-order valence-electron chi connectivity index (χ0n) is 12.1. The van der Waals surface area contributed by atoms with Gasteiger partial charge in [0.2, 0.25) is 5.28 Å². The SMILES string of the molecule is Cc1cn(CCO)c2nc(Cl)nc(NCc3ccncc3)c12. The summed E-state index contributed by atoms with van der Waals surface area (Å²) < 4.78 is 1.88. The molecule has 0 aliphatic heterocycles. The Hall–Kier alpha value is -2.18. The van der Waals surface area contributed by atoms with E-state index in [2.05, 4.69) is 20.3 Å². The Morgan fingerprint density at radius 1 is 1.27 bits per heavy atom. The summed E-state index contributed by atoms with van der Waals surface area (Å²) in [4.78, 5) is 12.6. The number of hydrogen-bond acceptors (Lipinski definition) is 5. The van der Waals surface area contributed by atoms with Gasteiger partial charge in [-0.3, -0.25) is 4.98 Å². The van der Waals surface area contributed by atoms with E-state index in [1.807, 2.05) is 29.8 Å². The van der Waals surface area contributed by atoms with E-state index in [-0.39, 0.29) is 11.9 Å². The Morgan fingerprint density at radius 2 is 2.05 bits per heavy atom. The minimum atomic E-state index is 0.0462. The molecule has 3 aromatic heterocycles. The van der Waals surface area contributed by atoms with Crippen molar-refractivity contribution in [1.82, 2.24) is 19.5 Å². The molecule has 3 aromatic rings. The lowest BCUT2D eigenvalue weighted by Gasteiger charge is -2.09. The predicted octanol–water partition coefficient (Wildman–Crippen LogP) is 2.39. The molecule has 0 atom stereocenters. The number of halogens is 1. The summed E-state index contributed by atoms with van der Waals surface area (Å²) in [5, 5.41) is 13.6. The van der Waals surface area contributed by atoms with Gasteiger partial charge in [0.25, 0.3) is 0 Å². The second-order valence-electron chi connectivity index (χ2n) is 4.98. The lowest BCUT2D eigenvalue weighted by molar-refractivity contribution is 0.278. The van der Waals surface area contributed by atoms with Crippen molar-refractivity contribution in [2.45, 2.75) is 20.0 Å². The van der Waals surface area contributed by atoms with Crippen molar-refractivity contribution in [2.75, 3.05) is 11.9 Å². The first-order valence-corrected chi connectivity index (χ1v) is 7.33. The molecule has 0 amide bonds. The minimum Gasteiger partial charge on any atom is -0.395 e. The van der Waals surface area contributed by atoms with E-state index in [1.54, 1.807) is 12.4 Å². The van der Waals surface area contributed by atoms with Crippen molar-refractivity contribution >= 4 is 28.5 Å². The zero-order chi connectivity index (χ0) is 15.5. The molecule has 3 rings (SSSR count). The van der Waals surface area contributed by atoms with Crippen LogP contribution in [0.2, 0.25) is 5.28 Å². The van der Waals surface area contributed by atoms with Crippen molar-refractivity contribution < 1.29 is 5.11 Å². The largest absolute Gasteiger partial charge is 0.395 e. The van der Waals surface area contributed by atoms with Gasteiger partial charge in [-0.25, -0.2) is 4.98 Å². The highest BCUT2D eigenvalue weighted by Crippen LogP contribution is 2.27. The number of pyridine rings is 1. The van der Waals surface area contributed by atoms with Crippen LogP contribution in [0.25, 0.3) is 11.0 Å². The second kappa shape index (κ2) is 6.29. The number of aryl methyl sites for hydroxylation is 1. The van der Waals surface area contributed by atoms with Crippen LogP contribution in [0.5, 0.6) is 0 Å². The first-order valence-electron chi connectivity index (χ1n) is 6.95. The summed E-state index contributed by atoms with van der Waals surface area (Å²) in [5.41, 5.74) is 2.87. The van der Waals surface area contributed by atoms with E-state index in [0.717, 1.165) is 22.2 Å². The highest BCUT2D eigenvalue weighted by atomic mass is 35.5. The van der Waals surface area contributed by atoms with Crippen molar-refractivity contribution in [1.29, 1.82) is 0 Å². The molecular formula is C15H16ClN5O. The maximum absolute atomic E-state index is 9.16. The molecule has 0 unspecified atom stereocenters. The first kappa shape index (κ1) is 14.7. The maximum atomic E-state index is 9.16. The van der Waals surface area contributed by atoms with Gasteiger partial charge in [0.15, 0.2) is 0 Å². The predicted molar refractivity (Wildman–Crippen MR) is 85.9 cm³/mol. The third kappa shape index (κ3) is 2.88. The van der Waals surface area contributed by atoms with Crippen LogP contribution in [0.15, 0.2) is 30.7 Å². The number of aliphatic hydroxyl groups excluding tert-OH is 1. The Bertz CT molecular complexity index is 787. The molecule has 0 aromatic carbocycles. The van der Waals surface area contributed by atoms with Gasteiger partial charge < -0.3 is 15.0 Å². The molecule has 22 heavy (non-hydrogen) atoms. The van der Waals surface area contributed by atoms with Crippen LogP contribution in [0.4, 0.5) is 5.82 Å². The average molecular weight is 318 g/mol. The van der Waals surface area contributed by atoms with Crippen molar-refractivity contribution in [3.05, 3.63) is 47.1 Å². The van der Waals surface area contributed by atoms with Crippen molar-refractivity contribution in [3.63, 3.8) is 0 Å². The van der Waals surface area contributed by atoms with Gasteiger partial charge in [-0.1, -0.05) is 0 Å². The van der Waals surface area contributed by atoms with Crippen LogP contribution < -0.4 is 5.32 Å². The molecule has 0 bridgehead atoms. The zero-order valence-corrected chi connectivity index (χ0v) is 12.9. The highest BCUT2D eigenvalue weighted by molar-refractivity contribution is 6.28. The van der Waals surface area contributed by atoms with Crippen LogP contribution in [-0.2, 0) is 13.1 Å². The van der Waals surface area contributed by atoms with Crippen molar-refractivity contribution in [2.24, 2.45) is 0 Å². The van der Waals surface area contributed by atoms with Crippen LogP contribution in [-0.4, -0.2) is 31.2 Å². The monoisotopic (exact) mass is 317 g/mol. The third-order valence-corrected chi connectivity index (χ3v) is 3.60. The number of nitrogens with zero attached hydrogens (tertiary/aromatic N) is 4. The molecule has 0 fully saturated rings. The van der Waals surface area contributed by atoms with Crippen LogP contribution >= 0.6 is 11.6 Å². The molecule has 6 nitrogen and oxygen atoms in total. The van der Waals surface area contributed by atoms with Gasteiger partial charge in [0.1, 0.15) is 11.5 Å². The number of aromatic nitrogens is 4. The summed E-state index contributed by atoms with van der Waals surface area (Å²) in [6, 6.07) is 3.88. The standard InChI is InChI=1S/C15H16ClN5O/c1-10-9-21(6-7-22)14-12(10)13(19-15(16)20-14)18-8-11-2-4-17-5-3-11/h2-5,9,22H,6-8H2,1H3,(H,18,19,20). The molecule has 3 heterocycles. The number of fused-ring (bicyclic) bond motifs is 1. The Balaban J connectivity index is 1.98. The highest BCUT2D eigenvalue weighted by Gasteiger charge is 2.14. The molecule has 0 aliphatic carbocycles. The normalized spacial score (nSPS) is 11.0. The van der Waals surface area contributed by atoms with Gasteiger partial charge >= 0.3 is 0 Å². The fraction of sp³-hybridized carbons (Fsp3) is 0.267. The van der Waals surface area contributed by atoms with Gasteiger partial charge in [-0.2, -0.15) is 4.98 Å². The fourth-order valence-corrected chi connectivity index (χ4v) is 2.61. The summed E-state index contributed by atoms with van der Waals surface area (Å²) in [6.07, 6.45) is 5.45. The van der Waals surface area contributed by atoms with Crippen LogP contribution in [0.1, 0.15) is 11.1 Å². The van der Waals surface area contributed by atoms with E-state index in [1.165, 1.54) is 0 Å². The van der Waals surface area contributed by atoms with Gasteiger partial charge in [0.05, 0.1) is 12.0 Å². The van der Waals surface area contributed by atoms with E-state index < -0.39 is 0 Å². The van der Waals surface area contributed by atoms with Gasteiger partial charge in [0, 0.05) is 31.7 Å². The van der Waals surface area contributed by atoms with E-state index >= 15 is 0 Å². The lowest BCUT2D eigenvalue weighted by Crippen LogP contribution is -2.05. The maximum Gasteiger partial charge on any atom is 0.226 e. The molecule has 0 saturated heterocycles. The third-order valence-electron chi connectivity index (χ3n) is 3.43. The molecule has 0 radical (unpaired) electrons. The molecule has 0 saturated carbocycles. The average Bonchev–Trinajstić information content (AvgIpc) is 2.82. The summed E-state index contributed by atoms with van der Waals surface area (Å²) in [5.74, 6) is 0.695. The number of rotatable bonds is 5.